The van der Waals surface area contributed by atoms with Gasteiger partial charge in [-0.15, -0.1) is 23.5 Å². The molecule has 31 heteroatoms. The van der Waals surface area contributed by atoms with Gasteiger partial charge in [0.05, 0.1) is 45.9 Å². The highest BCUT2D eigenvalue weighted by atomic mass is 32.2. The number of aliphatic hydroxyl groups excluding tert-OH is 8. The zero-order valence-corrected chi connectivity index (χ0v) is 43.6. The lowest BCUT2D eigenvalue weighted by molar-refractivity contribution is -0.205. The zero-order valence-electron chi connectivity index (χ0n) is 42.0. The standard InChI is InChI=1S/C44H79N9O20S2/c54-26-28-37(66)39(68)41(70)43(72-28)74-19-3-30(56)45-5-1-9-49(10-2-6-46-31(57)4-20-75-44-42(71)40(69)38(67)29(27-55)73-44)21-32(58)47-7-8-48-33(59)22-50-11-13-51(23-34(60)61)15-17-53(25-36(64)65)18-16-52(14-12-50)24-35(62)63/h28-29,37-44,54-55,66-71H,1-27H2,(H,45,56)(H,46,57)(H,47,58)(H,48,59)(H,60,61)(H,62,63)(H,64,65)/t28-,29-,37+,38+,39+,40+,41-,42-,43+,44+/m1/s1. The third-order valence-corrected chi connectivity index (χ3v) is 14.7. The third-order valence-electron chi connectivity index (χ3n) is 12.4. The summed E-state index contributed by atoms with van der Waals surface area (Å²) in [5.41, 5.74) is -1.96. The van der Waals surface area contributed by atoms with Crippen molar-refractivity contribution in [1.82, 2.24) is 45.8 Å². The lowest BCUT2D eigenvalue weighted by Crippen LogP contribution is -2.57. The number of rotatable bonds is 31. The number of ether oxygens (including phenoxy) is 2. The van der Waals surface area contributed by atoms with E-state index in [1.807, 2.05) is 4.90 Å². The summed E-state index contributed by atoms with van der Waals surface area (Å²) in [6.45, 7) is 0.824. The molecule has 75 heavy (non-hydrogen) atoms. The monoisotopic (exact) mass is 1120 g/mol. The highest BCUT2D eigenvalue weighted by Gasteiger charge is 2.44. The van der Waals surface area contributed by atoms with E-state index in [1.165, 1.54) is 0 Å². The van der Waals surface area contributed by atoms with E-state index in [4.69, 9.17) is 9.47 Å². The van der Waals surface area contributed by atoms with E-state index in [-0.39, 0.29) is 153 Å². The van der Waals surface area contributed by atoms with Crippen LogP contribution in [0.5, 0.6) is 0 Å². The van der Waals surface area contributed by atoms with Crippen LogP contribution in [0.15, 0.2) is 0 Å². The first-order valence-electron chi connectivity index (χ1n) is 24.9. The van der Waals surface area contributed by atoms with Crippen molar-refractivity contribution in [3.05, 3.63) is 0 Å². The fourth-order valence-electron chi connectivity index (χ4n) is 8.16. The highest BCUT2D eigenvalue weighted by molar-refractivity contribution is 8.00. The minimum atomic E-state index is -1.54. The summed E-state index contributed by atoms with van der Waals surface area (Å²) in [7, 11) is 0. The molecule has 3 fully saturated rings. The Morgan fingerprint density at radius 3 is 1.13 bits per heavy atom. The Bertz CT molecular complexity index is 1680. The maximum Gasteiger partial charge on any atom is 0.317 e. The van der Waals surface area contributed by atoms with Crippen molar-refractivity contribution >= 4 is 65.1 Å². The maximum atomic E-state index is 13.2. The molecule has 3 aliphatic heterocycles. The molecule has 432 valence electrons. The van der Waals surface area contributed by atoms with Gasteiger partial charge in [-0.25, -0.2) is 0 Å². The van der Waals surface area contributed by atoms with Crippen LogP contribution < -0.4 is 21.3 Å². The van der Waals surface area contributed by atoms with Crippen LogP contribution in [0.1, 0.15) is 25.7 Å². The van der Waals surface area contributed by atoms with Crippen LogP contribution in [0.2, 0.25) is 0 Å². The van der Waals surface area contributed by atoms with E-state index < -0.39 is 96.7 Å². The molecule has 0 spiro atoms. The zero-order chi connectivity index (χ0) is 55.5. The predicted molar refractivity (Wildman–Crippen MR) is 268 cm³/mol. The molecule has 0 aromatic heterocycles. The van der Waals surface area contributed by atoms with Gasteiger partial charge >= 0.3 is 17.9 Å². The van der Waals surface area contributed by atoms with Crippen molar-refractivity contribution < 1.29 is 99.2 Å². The summed E-state index contributed by atoms with van der Waals surface area (Å²) < 4.78 is 10.9. The lowest BCUT2D eigenvalue weighted by Gasteiger charge is -2.39. The van der Waals surface area contributed by atoms with Crippen molar-refractivity contribution in [2.45, 2.75) is 85.4 Å². The molecule has 0 saturated carbocycles. The number of thioether (sulfide) groups is 2. The summed E-state index contributed by atoms with van der Waals surface area (Å²) in [5, 5.41) is 119. The molecule has 0 aromatic rings. The van der Waals surface area contributed by atoms with Crippen LogP contribution in [-0.2, 0) is 43.0 Å². The largest absolute Gasteiger partial charge is 0.480 e. The van der Waals surface area contributed by atoms with Crippen LogP contribution in [0.4, 0.5) is 0 Å². The first kappa shape index (κ1) is 65.7. The summed E-state index contributed by atoms with van der Waals surface area (Å²) in [4.78, 5) is 94.8. The van der Waals surface area contributed by atoms with E-state index >= 15 is 0 Å². The molecule has 10 atom stereocenters. The fourth-order valence-corrected chi connectivity index (χ4v) is 10.4. The number of amides is 4. The van der Waals surface area contributed by atoms with Crippen LogP contribution in [0.3, 0.4) is 0 Å². The third kappa shape index (κ3) is 25.6. The summed E-state index contributed by atoms with van der Waals surface area (Å²) in [5.74, 6) is -4.26. The fraction of sp³-hybridized carbons (Fsp3) is 0.841. The number of aliphatic hydroxyl groups is 8. The van der Waals surface area contributed by atoms with Crippen LogP contribution >= 0.6 is 23.5 Å². The number of carboxylic acids is 3. The molecule has 3 heterocycles. The molecule has 29 nitrogen and oxygen atoms in total. The van der Waals surface area contributed by atoms with Gasteiger partial charge in [-0.05, 0) is 12.8 Å². The van der Waals surface area contributed by atoms with E-state index in [0.717, 1.165) is 23.5 Å². The molecule has 3 rings (SSSR count). The Hall–Kier alpha value is -3.61. The molecular weight excluding hydrogens is 1040 g/mol. The Balaban J connectivity index is 1.50. The molecule has 0 radical (unpaired) electrons. The average Bonchev–Trinajstić information content (AvgIpc) is 3.35. The number of aliphatic carboxylic acids is 3. The highest BCUT2D eigenvalue weighted by Crippen LogP contribution is 2.30. The molecule has 15 N–H and O–H groups in total. The van der Waals surface area contributed by atoms with Crippen LogP contribution in [0.25, 0.3) is 0 Å². The second kappa shape index (κ2) is 35.7. The first-order valence-corrected chi connectivity index (χ1v) is 27.0. The lowest BCUT2D eigenvalue weighted by atomic mass is 10.0. The SMILES string of the molecule is O=C(O)CN1CCN(CC(=O)O)CCN(CC(=O)NCCNC(=O)CN(CCCNC(=O)CCS[C@@H]2O[C@H](CO)[C@H](O)[C@H](O)[C@H]2O)CCCNC(=O)CCS[C@@H]2O[C@H](CO)[C@H](O)[C@H](O)[C@H]2O)CCN(CC(=O)O)CC1. The molecule has 0 unspecified atom stereocenters. The Labute approximate surface area is 443 Å². The van der Waals surface area contributed by atoms with Gasteiger partial charge in [0.2, 0.25) is 23.6 Å². The second-order valence-electron chi connectivity index (χ2n) is 18.3. The Morgan fingerprint density at radius 1 is 0.453 bits per heavy atom. The van der Waals surface area contributed by atoms with Gasteiger partial charge < -0.3 is 86.9 Å². The molecule has 4 amide bonds. The van der Waals surface area contributed by atoms with E-state index in [2.05, 4.69) is 21.3 Å². The molecule has 0 aromatic carbocycles. The van der Waals surface area contributed by atoms with E-state index in [9.17, 15) is 89.7 Å². The van der Waals surface area contributed by atoms with Gasteiger partial charge in [0, 0.05) is 116 Å². The number of hydrogen-bond donors (Lipinski definition) is 15. The number of carbonyl (C=O) groups excluding carboxylic acids is 4. The molecule has 3 aliphatic rings. The quantitative estimate of drug-likeness (QED) is 0.0287. The molecule has 0 bridgehead atoms. The van der Waals surface area contributed by atoms with Crippen molar-refractivity contribution in [3.63, 3.8) is 0 Å². The molecule has 3 saturated heterocycles. The first-order chi connectivity index (χ1) is 35.7. The Morgan fingerprint density at radius 2 is 0.787 bits per heavy atom. The topological polar surface area (TPSA) is 425 Å². The minimum Gasteiger partial charge on any atom is -0.480 e. The predicted octanol–water partition coefficient (Wildman–Crippen LogP) is -8.14. The van der Waals surface area contributed by atoms with Gasteiger partial charge in [0.15, 0.2) is 0 Å². The van der Waals surface area contributed by atoms with Gasteiger partial charge in [-0.3, -0.25) is 58.1 Å². The molecule has 0 aliphatic carbocycles. The number of carboxylic acid groups (broad SMARTS) is 3. The summed E-state index contributed by atoms with van der Waals surface area (Å²) in [6, 6.07) is 0. The maximum absolute atomic E-state index is 13.2. The van der Waals surface area contributed by atoms with Gasteiger partial charge in [0.25, 0.3) is 0 Å². The van der Waals surface area contributed by atoms with Crippen LogP contribution in [0, 0.1) is 0 Å². The second-order valence-corrected chi connectivity index (χ2v) is 20.7. The van der Waals surface area contributed by atoms with Gasteiger partial charge in [-0.2, -0.15) is 0 Å². The number of carbonyl (C=O) groups is 7. The molecular formula is C44H79N9O20S2. The van der Waals surface area contributed by atoms with Gasteiger partial charge in [-0.1, -0.05) is 0 Å². The van der Waals surface area contributed by atoms with E-state index in [1.54, 1.807) is 19.6 Å². The van der Waals surface area contributed by atoms with Crippen molar-refractivity contribution in [2.75, 3.05) is 149 Å². The summed E-state index contributed by atoms with van der Waals surface area (Å²) in [6.07, 6.45) is -10.2. The van der Waals surface area contributed by atoms with E-state index in [0.29, 0.717) is 25.9 Å². The van der Waals surface area contributed by atoms with Crippen molar-refractivity contribution in [3.8, 4) is 0 Å². The number of nitrogens with zero attached hydrogens (tertiary/aromatic N) is 5. The van der Waals surface area contributed by atoms with Crippen molar-refractivity contribution in [1.29, 1.82) is 0 Å². The van der Waals surface area contributed by atoms with Crippen LogP contribution in [-0.4, -0.2) is 331 Å². The smallest absolute Gasteiger partial charge is 0.317 e. The summed E-state index contributed by atoms with van der Waals surface area (Å²) >= 11 is 2.09. The van der Waals surface area contributed by atoms with Crippen molar-refractivity contribution in [2.24, 2.45) is 0 Å². The Kier molecular flexibility index (Phi) is 31.3. The normalized spacial score (nSPS) is 26.9. The number of nitrogens with one attached hydrogen (secondary N) is 4. The van der Waals surface area contributed by atoms with Gasteiger partial charge in [0.1, 0.15) is 59.7 Å². The number of hydrogen-bond acceptors (Lipinski definition) is 24. The average molecular weight is 1120 g/mol. The minimum absolute atomic E-state index is 0.0223.